The molecule has 0 amide bonds. The molecule has 30 heavy (non-hydrogen) atoms. The second-order valence-electron chi connectivity index (χ2n) is 8.11. The number of halogens is 2. The van der Waals surface area contributed by atoms with Gasteiger partial charge in [-0.3, -0.25) is 0 Å². The minimum atomic E-state index is -0.940. The average molecular weight is 541 g/mol. The van der Waals surface area contributed by atoms with Gasteiger partial charge in [-0.25, -0.2) is 0 Å². The monoisotopic (exact) mass is 538 g/mol. The number of allylic oxidation sites excluding steroid dienone is 1. The van der Waals surface area contributed by atoms with E-state index >= 15 is 0 Å². The number of aryl methyl sites for hydroxylation is 1. The van der Waals surface area contributed by atoms with Gasteiger partial charge in [0.25, 0.3) is 0 Å². The Bertz CT molecular complexity index is 805. The molecule has 2 aromatic rings. The predicted molar refractivity (Wildman–Crippen MR) is 121 cm³/mol. The predicted octanol–water partition coefficient (Wildman–Crippen LogP) is 1.33. The third kappa shape index (κ3) is 7.17. The van der Waals surface area contributed by atoms with Crippen molar-refractivity contribution in [3.05, 3.63) is 64.7 Å². The molecule has 1 unspecified atom stereocenters. The number of benzene rings is 2. The van der Waals surface area contributed by atoms with E-state index in [1.807, 2.05) is 0 Å². The van der Waals surface area contributed by atoms with Gasteiger partial charge in [-0.05, 0) is 0 Å². The molecule has 162 valence electrons. The van der Waals surface area contributed by atoms with E-state index in [0.717, 1.165) is 6.42 Å². The van der Waals surface area contributed by atoms with Crippen LogP contribution in [0.4, 0.5) is 0 Å². The molecule has 0 N–H and O–H groups in total. The van der Waals surface area contributed by atoms with Gasteiger partial charge in [0.15, 0.2) is 0 Å². The summed E-state index contributed by atoms with van der Waals surface area (Å²) in [5, 5.41) is 0. The standard InChI is InChI=1S/C23H27.C2H7OSi.2ClH.Zr/c1-3-5-6-7-9-19-16-21-10-8-11-22(23(21)17-19)20-14-12-18(4-2)13-15-20;1-4(2)3;;;/h8,10-17H,3-7,9H2,1-2H3;4H,1-2H3;2*1H;/q;-1;;;+3/p-2. The topological polar surface area (TPSA) is 9.23 Å². The van der Waals surface area contributed by atoms with Gasteiger partial charge in [0.1, 0.15) is 0 Å². The molecular weight excluding hydrogens is 506 g/mol. The minimum absolute atomic E-state index is 0. The van der Waals surface area contributed by atoms with E-state index in [1.165, 1.54) is 54.4 Å². The summed E-state index contributed by atoms with van der Waals surface area (Å²) in [5.74, 6) is 0. The molecule has 0 heterocycles. The number of unbranched alkanes of at least 4 members (excludes halogenated alkanes) is 3. The summed E-state index contributed by atoms with van der Waals surface area (Å²) in [4.78, 5) is 0. The Labute approximate surface area is 209 Å². The second kappa shape index (κ2) is 14.1. The zero-order valence-electron chi connectivity index (χ0n) is 18.7. The van der Waals surface area contributed by atoms with Gasteiger partial charge in [-0.1, -0.05) is 0 Å². The van der Waals surface area contributed by atoms with Gasteiger partial charge in [-0.2, -0.15) is 0 Å². The molecular formula is C25H34Cl2OSiZr. The van der Waals surface area contributed by atoms with Gasteiger partial charge < -0.3 is 24.8 Å². The Morgan fingerprint density at radius 2 is 1.67 bits per heavy atom. The van der Waals surface area contributed by atoms with Gasteiger partial charge in [0, 0.05) is 0 Å². The van der Waals surface area contributed by atoms with Crippen LogP contribution < -0.4 is 24.8 Å². The first-order valence-corrected chi connectivity index (χ1v) is 16.2. The van der Waals surface area contributed by atoms with Crippen LogP contribution in [0.1, 0.15) is 66.3 Å². The van der Waals surface area contributed by atoms with Crippen LogP contribution in [0.25, 0.3) is 17.2 Å². The van der Waals surface area contributed by atoms with E-state index in [0.29, 0.717) is 3.63 Å². The molecule has 3 rings (SSSR count). The van der Waals surface area contributed by atoms with Crippen molar-refractivity contribution in [1.82, 2.24) is 0 Å². The van der Waals surface area contributed by atoms with Crippen molar-refractivity contribution >= 4 is 15.1 Å². The summed E-state index contributed by atoms with van der Waals surface area (Å²) in [6.45, 7) is 9.14. The first-order valence-electron chi connectivity index (χ1n) is 11.0. The number of rotatable bonds is 10. The van der Waals surface area contributed by atoms with Crippen LogP contribution in [-0.4, -0.2) is 9.04 Å². The summed E-state index contributed by atoms with van der Waals surface area (Å²) < 4.78 is 7.00. The van der Waals surface area contributed by atoms with Crippen molar-refractivity contribution in [3.63, 3.8) is 0 Å². The minimum Gasteiger partial charge on any atom is -1.00 e. The van der Waals surface area contributed by atoms with Crippen LogP contribution in [0.3, 0.4) is 0 Å². The maximum atomic E-state index is 6.38. The molecule has 1 nitrogen and oxygen atoms in total. The fraction of sp³-hybridized carbons (Fsp3) is 0.440. The van der Waals surface area contributed by atoms with E-state index in [-0.39, 0.29) is 24.8 Å². The van der Waals surface area contributed by atoms with E-state index < -0.39 is 32.7 Å². The van der Waals surface area contributed by atoms with Crippen LogP contribution in [0, 0.1) is 0 Å². The van der Waals surface area contributed by atoms with E-state index in [4.69, 9.17) is 2.50 Å². The van der Waals surface area contributed by atoms with Crippen LogP contribution in [-0.2, 0) is 32.6 Å². The van der Waals surface area contributed by atoms with Crippen molar-refractivity contribution in [2.45, 2.75) is 69.1 Å². The largest absolute Gasteiger partial charge is 1.00 e. The molecule has 0 aliphatic heterocycles. The SMILES string of the molecule is CCCCCCC1=Cc2c(-c3ccc(CC)cc3)cccc2[CH]1[Zr+2][O][SiH](C)C.[Cl-].[Cl-]. The van der Waals surface area contributed by atoms with Crippen molar-refractivity contribution < 1.29 is 51.0 Å². The van der Waals surface area contributed by atoms with E-state index in [9.17, 15) is 0 Å². The normalized spacial score (nSPS) is 14.4. The quantitative estimate of drug-likeness (QED) is 0.327. The third-order valence-electron chi connectivity index (χ3n) is 5.57. The molecule has 5 heteroatoms. The molecule has 0 bridgehead atoms. The van der Waals surface area contributed by atoms with Crippen LogP contribution in [0.15, 0.2) is 48.0 Å². The average Bonchev–Trinajstić information content (AvgIpc) is 3.07. The molecule has 2 aromatic carbocycles. The Morgan fingerprint density at radius 3 is 2.30 bits per heavy atom. The van der Waals surface area contributed by atoms with Gasteiger partial charge in [0.05, 0.1) is 0 Å². The summed E-state index contributed by atoms with van der Waals surface area (Å²) in [6.07, 6.45) is 10.2. The maximum absolute atomic E-state index is 6.38. The Balaban J connectivity index is 0.00000225. The second-order valence-corrected chi connectivity index (χ2v) is 14.2. The smallest absolute Gasteiger partial charge is 1.00 e. The fourth-order valence-corrected chi connectivity index (χ4v) is 9.23. The molecule has 0 saturated heterocycles. The van der Waals surface area contributed by atoms with Crippen molar-refractivity contribution in [1.29, 1.82) is 0 Å². The molecule has 0 fully saturated rings. The number of hydrogen-bond donors (Lipinski definition) is 0. The number of hydrogen-bond acceptors (Lipinski definition) is 1. The first kappa shape index (κ1) is 27.9. The third-order valence-corrected chi connectivity index (χ3v) is 12.9. The van der Waals surface area contributed by atoms with Crippen molar-refractivity contribution in [2.24, 2.45) is 0 Å². The van der Waals surface area contributed by atoms with Crippen molar-refractivity contribution in [3.8, 4) is 11.1 Å². The van der Waals surface area contributed by atoms with E-state index in [1.54, 1.807) is 11.1 Å². The Morgan fingerprint density at radius 1 is 0.933 bits per heavy atom. The molecule has 0 aromatic heterocycles. The van der Waals surface area contributed by atoms with Crippen LogP contribution >= 0.6 is 0 Å². The zero-order valence-corrected chi connectivity index (χ0v) is 23.8. The molecule has 0 radical (unpaired) electrons. The summed E-state index contributed by atoms with van der Waals surface area (Å²) in [6, 6.07) is 16.1. The summed E-state index contributed by atoms with van der Waals surface area (Å²) >= 11 is -0.887. The fourth-order valence-electron chi connectivity index (χ4n) is 3.95. The molecule has 1 aliphatic rings. The Kier molecular flexibility index (Phi) is 13.1. The van der Waals surface area contributed by atoms with Crippen LogP contribution in [0.5, 0.6) is 0 Å². The van der Waals surface area contributed by atoms with Crippen LogP contribution in [0.2, 0.25) is 13.1 Å². The zero-order chi connectivity index (χ0) is 19.9. The van der Waals surface area contributed by atoms with Gasteiger partial charge >= 0.3 is 186 Å². The summed E-state index contributed by atoms with van der Waals surface area (Å²) in [5.41, 5.74) is 8.83. The van der Waals surface area contributed by atoms with E-state index in [2.05, 4.69) is 75.5 Å². The first-order chi connectivity index (χ1) is 13.6. The number of fused-ring (bicyclic) bond motifs is 1. The molecule has 1 atom stereocenters. The van der Waals surface area contributed by atoms with Gasteiger partial charge in [0.2, 0.25) is 0 Å². The Hall–Kier alpha value is -0.180. The maximum Gasteiger partial charge on any atom is -1.00 e. The molecule has 1 aliphatic carbocycles. The van der Waals surface area contributed by atoms with Gasteiger partial charge in [-0.15, -0.1) is 0 Å². The molecule has 0 saturated carbocycles. The summed E-state index contributed by atoms with van der Waals surface area (Å²) in [7, 11) is -0.940. The molecule has 0 spiro atoms. The van der Waals surface area contributed by atoms with Crippen molar-refractivity contribution in [2.75, 3.05) is 0 Å².